The van der Waals surface area contributed by atoms with Crippen molar-refractivity contribution in [3.05, 3.63) is 106 Å². The molecule has 0 aliphatic heterocycles. The zero-order valence-corrected chi connectivity index (χ0v) is 39.0. The average Bonchev–Trinajstić information content (AvgIpc) is 3.32. The van der Waals surface area contributed by atoms with Crippen LogP contribution in [0.2, 0.25) is 0 Å². The molecule has 0 spiro atoms. The van der Waals surface area contributed by atoms with Crippen LogP contribution in [0.5, 0.6) is 11.5 Å². The van der Waals surface area contributed by atoms with Crippen molar-refractivity contribution in [3.8, 4) is 23.6 Å². The summed E-state index contributed by atoms with van der Waals surface area (Å²) in [7, 11) is 0. The second-order valence-corrected chi connectivity index (χ2v) is 19.2. The first-order valence-corrected chi connectivity index (χ1v) is 25.4. The Morgan fingerprint density at radius 3 is 1.17 bits per heavy atom. The minimum absolute atomic E-state index is 0.401. The third-order valence-corrected chi connectivity index (χ3v) is 14.1. The average molecular weight is 849 g/mol. The van der Waals surface area contributed by atoms with Gasteiger partial charge in [0, 0.05) is 36.6 Å². The summed E-state index contributed by atoms with van der Waals surface area (Å²) in [6, 6.07) is 16.4. The number of hydrogen-bond acceptors (Lipinski definition) is 7. The first-order valence-electron chi connectivity index (χ1n) is 25.4. The van der Waals surface area contributed by atoms with E-state index in [0.29, 0.717) is 34.8 Å². The van der Waals surface area contributed by atoms with Gasteiger partial charge in [-0.2, -0.15) is 10.5 Å². The van der Waals surface area contributed by atoms with Gasteiger partial charge in [-0.3, -0.25) is 0 Å². The zero-order chi connectivity index (χ0) is 43.9. The topological polar surface area (TPSA) is 108 Å². The van der Waals surface area contributed by atoms with Crippen LogP contribution >= 0.6 is 0 Å². The minimum Gasteiger partial charge on any atom is -0.457 e. The lowest BCUT2D eigenvalue weighted by molar-refractivity contribution is 0.312. The molecule has 7 heteroatoms. The molecule has 2 fully saturated rings. The number of aryl methyl sites for hydroxylation is 2. The summed E-state index contributed by atoms with van der Waals surface area (Å²) in [4.78, 5) is 19.4. The second kappa shape index (κ2) is 26.9. The van der Waals surface area contributed by atoms with Gasteiger partial charge < -0.3 is 4.74 Å². The number of benzene rings is 2. The first-order chi connectivity index (χ1) is 31.0. The van der Waals surface area contributed by atoms with Crippen LogP contribution in [0.4, 0.5) is 0 Å². The molecule has 2 saturated carbocycles. The van der Waals surface area contributed by atoms with E-state index in [1.807, 2.05) is 36.4 Å². The van der Waals surface area contributed by atoms with E-state index in [-0.39, 0.29) is 0 Å². The molecule has 0 atom stereocenters. The molecular weight excluding hydrogens is 773 g/mol. The Bertz CT molecular complexity index is 1850. The van der Waals surface area contributed by atoms with Crippen LogP contribution in [-0.2, 0) is 25.7 Å². The lowest BCUT2D eigenvalue weighted by Crippen LogP contribution is -2.18. The van der Waals surface area contributed by atoms with Gasteiger partial charge in [0.15, 0.2) is 0 Å². The third-order valence-electron chi connectivity index (χ3n) is 14.1. The van der Waals surface area contributed by atoms with Crippen molar-refractivity contribution in [2.45, 2.75) is 205 Å². The fourth-order valence-corrected chi connectivity index (χ4v) is 10.1. The summed E-state index contributed by atoms with van der Waals surface area (Å²) in [6.45, 7) is 4.55. The normalized spacial score (nSPS) is 18.7. The summed E-state index contributed by atoms with van der Waals surface area (Å²) in [5.74, 6) is 5.42. The molecule has 7 nitrogen and oxygen atoms in total. The fourth-order valence-electron chi connectivity index (χ4n) is 10.1. The molecule has 0 saturated heterocycles. The highest BCUT2D eigenvalue weighted by Gasteiger charge is 2.27. The number of ether oxygens (including phenoxy) is 1. The van der Waals surface area contributed by atoms with Gasteiger partial charge in [0.2, 0.25) is 0 Å². The van der Waals surface area contributed by atoms with E-state index < -0.39 is 0 Å². The van der Waals surface area contributed by atoms with Gasteiger partial charge in [0.25, 0.3) is 0 Å². The zero-order valence-electron chi connectivity index (χ0n) is 39.0. The predicted molar refractivity (Wildman–Crippen MR) is 256 cm³/mol. The second-order valence-electron chi connectivity index (χ2n) is 19.2. The van der Waals surface area contributed by atoms with Gasteiger partial charge in [0.05, 0.1) is 23.3 Å². The van der Waals surface area contributed by atoms with Crippen LogP contribution in [0.15, 0.2) is 61.2 Å². The summed E-state index contributed by atoms with van der Waals surface area (Å²) < 4.78 is 6.79. The maximum absolute atomic E-state index is 9.85. The molecule has 0 bridgehead atoms. The van der Waals surface area contributed by atoms with Crippen molar-refractivity contribution < 1.29 is 4.74 Å². The Labute approximate surface area is 381 Å². The predicted octanol–water partition coefficient (Wildman–Crippen LogP) is 15.2. The molecule has 4 aromatic rings. The maximum Gasteiger partial charge on any atom is 0.131 e. The van der Waals surface area contributed by atoms with Gasteiger partial charge in [-0.05, 0) is 160 Å². The third kappa shape index (κ3) is 15.8. The summed E-state index contributed by atoms with van der Waals surface area (Å²) in [5, 5.41) is 19.7. The van der Waals surface area contributed by atoms with Crippen LogP contribution in [0.3, 0.4) is 0 Å². The number of nitriles is 2. The van der Waals surface area contributed by atoms with E-state index in [9.17, 15) is 10.5 Å². The summed E-state index contributed by atoms with van der Waals surface area (Å²) in [6.07, 6.45) is 42.2. The van der Waals surface area contributed by atoms with Crippen LogP contribution in [0, 0.1) is 34.5 Å². The number of unbranched alkanes of at least 4 members (excludes halogenated alkanes) is 14. The Morgan fingerprint density at radius 1 is 0.476 bits per heavy atom. The van der Waals surface area contributed by atoms with Crippen molar-refractivity contribution in [2.24, 2.45) is 11.8 Å². The quantitative estimate of drug-likeness (QED) is 0.0579. The molecule has 2 heterocycles. The van der Waals surface area contributed by atoms with Gasteiger partial charge >= 0.3 is 0 Å². The van der Waals surface area contributed by atoms with Gasteiger partial charge in [0.1, 0.15) is 23.1 Å². The molecule has 63 heavy (non-hydrogen) atoms. The van der Waals surface area contributed by atoms with Gasteiger partial charge in [-0.25, -0.2) is 19.9 Å². The monoisotopic (exact) mass is 849 g/mol. The van der Waals surface area contributed by atoms with Crippen molar-refractivity contribution in [2.75, 3.05) is 0 Å². The van der Waals surface area contributed by atoms with Crippen LogP contribution < -0.4 is 4.74 Å². The molecule has 0 amide bonds. The van der Waals surface area contributed by atoms with Crippen LogP contribution in [0.1, 0.15) is 225 Å². The summed E-state index contributed by atoms with van der Waals surface area (Å²) >= 11 is 0. The largest absolute Gasteiger partial charge is 0.457 e. The van der Waals surface area contributed by atoms with Crippen LogP contribution in [-0.4, -0.2) is 19.9 Å². The van der Waals surface area contributed by atoms with E-state index >= 15 is 0 Å². The lowest BCUT2D eigenvalue weighted by atomic mass is 9.78. The molecule has 2 aromatic carbocycles. The van der Waals surface area contributed by atoms with Crippen molar-refractivity contribution in [3.63, 3.8) is 0 Å². The number of hydrogen-bond donors (Lipinski definition) is 0. The maximum atomic E-state index is 9.85. The fraction of sp³-hybridized carbons (Fsp3) is 0.607. The molecular formula is C56H76N6O. The Kier molecular flexibility index (Phi) is 20.4. The summed E-state index contributed by atoms with van der Waals surface area (Å²) in [5.41, 5.74) is 6.00. The van der Waals surface area contributed by atoms with Crippen LogP contribution in [0.25, 0.3) is 0 Å². The lowest BCUT2D eigenvalue weighted by Gasteiger charge is -2.29. The molecule has 2 aliphatic carbocycles. The van der Waals surface area contributed by atoms with Gasteiger partial charge in [-0.1, -0.05) is 104 Å². The van der Waals surface area contributed by atoms with E-state index in [2.05, 4.69) is 50.8 Å². The Hall–Kier alpha value is -4.62. The van der Waals surface area contributed by atoms with E-state index in [4.69, 9.17) is 24.7 Å². The first kappa shape index (κ1) is 47.8. The molecule has 2 aliphatic rings. The van der Waals surface area contributed by atoms with Crippen molar-refractivity contribution in [1.82, 2.24) is 19.9 Å². The highest BCUT2D eigenvalue weighted by Crippen LogP contribution is 2.41. The van der Waals surface area contributed by atoms with E-state index in [1.54, 1.807) is 0 Å². The minimum atomic E-state index is 0.401. The highest BCUT2D eigenvalue weighted by atomic mass is 16.5. The van der Waals surface area contributed by atoms with Crippen molar-refractivity contribution >= 4 is 0 Å². The van der Waals surface area contributed by atoms with E-state index in [1.165, 1.54) is 114 Å². The molecule has 6 rings (SSSR count). The number of aromatic nitrogens is 4. The Balaban J connectivity index is 0.977. The van der Waals surface area contributed by atoms with Crippen molar-refractivity contribution in [1.29, 1.82) is 10.5 Å². The Morgan fingerprint density at radius 2 is 0.825 bits per heavy atom. The highest BCUT2D eigenvalue weighted by molar-refractivity contribution is 5.48. The number of nitrogens with zero attached hydrogens (tertiary/aromatic N) is 6. The van der Waals surface area contributed by atoms with E-state index in [0.717, 1.165) is 111 Å². The van der Waals surface area contributed by atoms with Gasteiger partial charge in [-0.15, -0.1) is 0 Å². The molecule has 0 N–H and O–H groups in total. The molecule has 336 valence electrons. The number of rotatable bonds is 26. The smallest absolute Gasteiger partial charge is 0.131 e. The standard InChI is InChI=1S/C56H76N6O/c1-3-5-7-9-11-13-15-17-19-47-39-59-55(60-40-47)49-27-21-43(22-28-49)33-51-35-45(37-57)25-31-53(51)63-54-32-26-46(38-58)36-52(54)34-44-23-29-50(30-24-44)56-61-41-48(42-62-56)20-18-16-14-12-10-8-6-4-2/h25-26,31-32,35-36,39-44,49-50H,3-24,27-30,33-34H2,1-2H3. The molecule has 0 radical (unpaired) electrons. The molecule has 2 aromatic heterocycles. The SMILES string of the molecule is CCCCCCCCCCc1cnc(C2CCC(Cc3cc(C#N)ccc3Oc3ccc(C#N)cc3CC3CCC(c4ncc(CCCCCCCCCC)cn4)CC3)CC2)nc1. The molecule has 0 unspecified atom stereocenters.